The lowest BCUT2D eigenvalue weighted by atomic mass is 10.0. The third-order valence-electron chi connectivity index (χ3n) is 3.50. The number of nitrogens with zero attached hydrogens (tertiary/aromatic N) is 1. The second-order valence-electron chi connectivity index (χ2n) is 5.08. The predicted octanol–water partition coefficient (Wildman–Crippen LogP) is 2.43. The molecule has 2 rings (SSSR count). The Hall–Kier alpha value is -0.860. The Balaban J connectivity index is 1.89. The highest BCUT2D eigenvalue weighted by Gasteiger charge is 2.19. The Morgan fingerprint density at radius 2 is 1.94 bits per heavy atom. The van der Waals surface area contributed by atoms with Crippen LogP contribution in [-0.2, 0) is 13.0 Å². The van der Waals surface area contributed by atoms with E-state index in [1.165, 1.54) is 24.0 Å². The van der Waals surface area contributed by atoms with Crippen molar-refractivity contribution in [3.8, 4) is 0 Å². The van der Waals surface area contributed by atoms with E-state index in [1.807, 2.05) is 0 Å². The largest absolute Gasteiger partial charge is 0.314 e. The fourth-order valence-electron chi connectivity index (χ4n) is 2.06. The van der Waals surface area contributed by atoms with Crippen molar-refractivity contribution < 1.29 is 0 Å². The van der Waals surface area contributed by atoms with Crippen LogP contribution in [0.25, 0.3) is 0 Å². The topological polar surface area (TPSA) is 15.3 Å². The number of nitrogens with one attached hydrogen (secondary N) is 1. The maximum Gasteiger partial charge on any atom is 0.0233 e. The minimum absolute atomic E-state index is 0.820. The molecule has 0 amide bonds. The van der Waals surface area contributed by atoms with Crippen molar-refractivity contribution in [3.05, 3.63) is 35.4 Å². The van der Waals surface area contributed by atoms with Crippen molar-refractivity contribution in [1.82, 2.24) is 10.2 Å². The van der Waals surface area contributed by atoms with Crippen molar-refractivity contribution in [1.29, 1.82) is 0 Å². The normalized spacial score (nSPS) is 15.5. The van der Waals surface area contributed by atoms with Crippen LogP contribution in [0.5, 0.6) is 0 Å². The van der Waals surface area contributed by atoms with E-state index >= 15 is 0 Å². The van der Waals surface area contributed by atoms with Crippen molar-refractivity contribution in [3.63, 3.8) is 0 Å². The molecule has 0 spiro atoms. The van der Waals surface area contributed by atoms with Gasteiger partial charge in [0.05, 0.1) is 0 Å². The van der Waals surface area contributed by atoms with Crippen molar-refractivity contribution in [2.24, 2.45) is 0 Å². The summed E-state index contributed by atoms with van der Waals surface area (Å²) in [6.45, 7) is 5.50. The molecule has 0 saturated heterocycles. The van der Waals surface area contributed by atoms with Gasteiger partial charge in [0.15, 0.2) is 0 Å². The first-order valence-electron chi connectivity index (χ1n) is 6.78. The average Bonchev–Trinajstić information content (AvgIpc) is 3.15. The van der Waals surface area contributed by atoms with Crippen molar-refractivity contribution >= 4 is 0 Å². The number of hydrogen-bond acceptors (Lipinski definition) is 2. The van der Waals surface area contributed by atoms with Crippen LogP contribution in [0, 0.1) is 0 Å². The van der Waals surface area contributed by atoms with E-state index in [0.29, 0.717) is 0 Å². The minimum Gasteiger partial charge on any atom is -0.314 e. The minimum atomic E-state index is 0.820. The summed E-state index contributed by atoms with van der Waals surface area (Å²) in [7, 11) is 2.18. The van der Waals surface area contributed by atoms with Crippen LogP contribution in [0.15, 0.2) is 24.3 Å². The first-order valence-corrected chi connectivity index (χ1v) is 6.78. The lowest BCUT2D eigenvalue weighted by Crippen LogP contribution is -2.21. The molecule has 1 aromatic rings. The summed E-state index contributed by atoms with van der Waals surface area (Å²) < 4.78 is 0. The van der Waals surface area contributed by atoms with Crippen LogP contribution in [0.1, 0.15) is 30.9 Å². The van der Waals surface area contributed by atoms with Gasteiger partial charge < -0.3 is 10.2 Å². The number of benzene rings is 1. The van der Waals surface area contributed by atoms with E-state index in [1.54, 1.807) is 0 Å². The third kappa shape index (κ3) is 4.14. The SMILES string of the molecule is CCN(C)Cc1ccccc1CCNC1CC1. The Bertz CT molecular complexity index is 345. The summed E-state index contributed by atoms with van der Waals surface area (Å²) in [6.07, 6.45) is 3.91. The van der Waals surface area contributed by atoms with Gasteiger partial charge in [0, 0.05) is 12.6 Å². The van der Waals surface area contributed by atoms with Gasteiger partial charge in [-0.3, -0.25) is 0 Å². The quantitative estimate of drug-likeness (QED) is 0.777. The Kier molecular flexibility index (Phi) is 4.57. The van der Waals surface area contributed by atoms with Gasteiger partial charge in [-0.05, 0) is 50.5 Å². The third-order valence-corrected chi connectivity index (χ3v) is 3.50. The summed E-state index contributed by atoms with van der Waals surface area (Å²) in [5, 5.41) is 3.59. The van der Waals surface area contributed by atoms with E-state index in [2.05, 4.69) is 48.5 Å². The standard InChI is InChI=1S/C15H24N2/c1-3-17(2)12-14-7-5-4-6-13(14)10-11-16-15-8-9-15/h4-7,15-16H,3,8-12H2,1-2H3. The molecular formula is C15H24N2. The first kappa shape index (κ1) is 12.6. The van der Waals surface area contributed by atoms with Crippen LogP contribution in [0.2, 0.25) is 0 Å². The molecule has 2 heteroatoms. The summed E-state index contributed by atoms with van der Waals surface area (Å²) >= 11 is 0. The monoisotopic (exact) mass is 232 g/mol. The molecule has 0 aromatic heterocycles. The highest BCUT2D eigenvalue weighted by molar-refractivity contribution is 5.27. The van der Waals surface area contributed by atoms with E-state index in [0.717, 1.165) is 32.1 Å². The number of rotatable bonds is 7. The molecule has 17 heavy (non-hydrogen) atoms. The van der Waals surface area contributed by atoms with Crippen LogP contribution >= 0.6 is 0 Å². The second-order valence-corrected chi connectivity index (χ2v) is 5.08. The molecule has 1 aliphatic carbocycles. The molecule has 0 radical (unpaired) electrons. The molecule has 2 nitrogen and oxygen atoms in total. The van der Waals surface area contributed by atoms with Crippen LogP contribution < -0.4 is 5.32 Å². The maximum absolute atomic E-state index is 3.59. The highest BCUT2D eigenvalue weighted by atomic mass is 15.1. The van der Waals surface area contributed by atoms with Gasteiger partial charge in [-0.2, -0.15) is 0 Å². The molecule has 1 aromatic carbocycles. The van der Waals surface area contributed by atoms with Crippen LogP contribution in [0.4, 0.5) is 0 Å². The fourth-order valence-corrected chi connectivity index (χ4v) is 2.06. The van der Waals surface area contributed by atoms with E-state index in [9.17, 15) is 0 Å². The molecule has 94 valence electrons. The Labute approximate surface area is 105 Å². The van der Waals surface area contributed by atoms with Gasteiger partial charge in [-0.25, -0.2) is 0 Å². The van der Waals surface area contributed by atoms with E-state index < -0.39 is 0 Å². The molecule has 0 aliphatic heterocycles. The van der Waals surface area contributed by atoms with E-state index in [4.69, 9.17) is 0 Å². The van der Waals surface area contributed by atoms with Gasteiger partial charge >= 0.3 is 0 Å². The summed E-state index contributed by atoms with van der Waals surface area (Å²) in [5.41, 5.74) is 2.98. The molecule has 1 fully saturated rings. The molecule has 1 saturated carbocycles. The molecule has 0 heterocycles. The zero-order valence-corrected chi connectivity index (χ0v) is 11.1. The van der Waals surface area contributed by atoms with Crippen molar-refractivity contribution in [2.75, 3.05) is 20.1 Å². The van der Waals surface area contributed by atoms with Gasteiger partial charge in [-0.1, -0.05) is 31.2 Å². The Morgan fingerprint density at radius 1 is 1.24 bits per heavy atom. The number of hydrogen-bond donors (Lipinski definition) is 1. The zero-order valence-electron chi connectivity index (χ0n) is 11.1. The molecule has 0 atom stereocenters. The summed E-state index contributed by atoms with van der Waals surface area (Å²) in [4.78, 5) is 2.35. The van der Waals surface area contributed by atoms with Crippen molar-refractivity contribution in [2.45, 2.75) is 38.8 Å². The van der Waals surface area contributed by atoms with Crippen LogP contribution in [0.3, 0.4) is 0 Å². The molecular weight excluding hydrogens is 208 g/mol. The lowest BCUT2D eigenvalue weighted by molar-refractivity contribution is 0.344. The van der Waals surface area contributed by atoms with Gasteiger partial charge in [0.25, 0.3) is 0 Å². The maximum atomic E-state index is 3.59. The fraction of sp³-hybridized carbons (Fsp3) is 0.600. The second kappa shape index (κ2) is 6.18. The first-order chi connectivity index (χ1) is 8.29. The van der Waals surface area contributed by atoms with E-state index in [-0.39, 0.29) is 0 Å². The highest BCUT2D eigenvalue weighted by Crippen LogP contribution is 2.18. The van der Waals surface area contributed by atoms with Crippen LogP contribution in [-0.4, -0.2) is 31.1 Å². The zero-order chi connectivity index (χ0) is 12.1. The smallest absolute Gasteiger partial charge is 0.0233 e. The lowest BCUT2D eigenvalue weighted by Gasteiger charge is -2.17. The molecule has 0 bridgehead atoms. The summed E-state index contributed by atoms with van der Waals surface area (Å²) in [5.74, 6) is 0. The molecule has 1 N–H and O–H groups in total. The average molecular weight is 232 g/mol. The Morgan fingerprint density at radius 3 is 2.59 bits per heavy atom. The predicted molar refractivity (Wildman–Crippen MR) is 73.2 cm³/mol. The molecule has 1 aliphatic rings. The van der Waals surface area contributed by atoms with Gasteiger partial charge in [0.1, 0.15) is 0 Å². The molecule has 0 unspecified atom stereocenters. The van der Waals surface area contributed by atoms with Gasteiger partial charge in [0.2, 0.25) is 0 Å². The van der Waals surface area contributed by atoms with Gasteiger partial charge in [-0.15, -0.1) is 0 Å². The summed E-state index contributed by atoms with van der Waals surface area (Å²) in [6, 6.07) is 9.66.